The molecule has 0 bridgehead atoms. The number of carbonyl (C=O) groups is 1. The first kappa shape index (κ1) is 19.4. The Bertz CT molecular complexity index is 592. The van der Waals surface area contributed by atoms with Gasteiger partial charge in [-0.15, -0.1) is 0 Å². The zero-order chi connectivity index (χ0) is 17.9. The van der Waals surface area contributed by atoms with Crippen LogP contribution < -0.4 is 20.7 Å². The smallest absolute Gasteiger partial charge is 0.224 e. The third kappa shape index (κ3) is 6.86. The quantitative estimate of drug-likeness (QED) is 0.356. The van der Waals surface area contributed by atoms with E-state index in [1.807, 2.05) is 30.0 Å². The third-order valence-electron chi connectivity index (χ3n) is 3.93. The molecule has 25 heavy (non-hydrogen) atoms. The Morgan fingerprint density at radius 3 is 2.92 bits per heavy atom. The highest BCUT2D eigenvalue weighted by atomic mass is 32.2. The molecule has 1 amide bonds. The van der Waals surface area contributed by atoms with Gasteiger partial charge in [-0.05, 0) is 55.0 Å². The first-order valence-corrected chi connectivity index (χ1v) is 10.1. The minimum Gasteiger partial charge on any atom is -0.492 e. The van der Waals surface area contributed by atoms with Crippen molar-refractivity contribution in [2.75, 3.05) is 44.1 Å². The number of thioether (sulfide) groups is 1. The Labute approximate surface area is 154 Å². The van der Waals surface area contributed by atoms with Crippen LogP contribution in [0.15, 0.2) is 23.2 Å². The van der Waals surface area contributed by atoms with E-state index in [1.165, 1.54) is 12.2 Å². The Balaban J connectivity index is 1.66. The molecule has 0 unspecified atom stereocenters. The summed E-state index contributed by atoms with van der Waals surface area (Å²) < 4.78 is 5.79. The van der Waals surface area contributed by atoms with Crippen LogP contribution in [0.5, 0.6) is 5.75 Å². The molecule has 7 heteroatoms. The lowest BCUT2D eigenvalue weighted by molar-refractivity contribution is -0.116. The number of nitrogens with one attached hydrogen (secondary N) is 3. The van der Waals surface area contributed by atoms with Gasteiger partial charge in [0, 0.05) is 25.7 Å². The number of aryl methyl sites for hydroxylation is 1. The van der Waals surface area contributed by atoms with Gasteiger partial charge in [0.1, 0.15) is 12.4 Å². The van der Waals surface area contributed by atoms with Crippen molar-refractivity contribution in [2.24, 2.45) is 4.99 Å². The normalized spacial score (nSPS) is 13.8. The fourth-order valence-electron chi connectivity index (χ4n) is 2.59. The molecular formula is C18H28N4O2S. The summed E-state index contributed by atoms with van der Waals surface area (Å²) in [6.45, 7) is 2.16. The maximum Gasteiger partial charge on any atom is 0.224 e. The number of rotatable bonds is 9. The lowest BCUT2D eigenvalue weighted by Gasteiger charge is -2.18. The molecule has 138 valence electrons. The van der Waals surface area contributed by atoms with Gasteiger partial charge in [0.25, 0.3) is 0 Å². The van der Waals surface area contributed by atoms with E-state index in [1.54, 1.807) is 7.05 Å². The molecule has 1 heterocycles. The van der Waals surface area contributed by atoms with Crippen LogP contribution in [0.3, 0.4) is 0 Å². The molecule has 0 atom stereocenters. The maximum absolute atomic E-state index is 11.4. The molecule has 1 aliphatic rings. The van der Waals surface area contributed by atoms with Crippen LogP contribution in [0.4, 0.5) is 5.69 Å². The summed E-state index contributed by atoms with van der Waals surface area (Å²) in [7, 11) is 1.77. The van der Waals surface area contributed by atoms with E-state index < -0.39 is 0 Å². The molecule has 0 aliphatic carbocycles. The minimum absolute atomic E-state index is 0.0812. The van der Waals surface area contributed by atoms with Crippen LogP contribution in [0, 0.1) is 0 Å². The lowest BCUT2D eigenvalue weighted by Crippen LogP contribution is -2.39. The number of ether oxygens (including phenoxy) is 1. The van der Waals surface area contributed by atoms with Gasteiger partial charge < -0.3 is 20.7 Å². The maximum atomic E-state index is 11.4. The van der Waals surface area contributed by atoms with Crippen molar-refractivity contribution in [3.05, 3.63) is 23.8 Å². The van der Waals surface area contributed by atoms with Crippen molar-refractivity contribution in [1.82, 2.24) is 10.6 Å². The molecule has 0 aromatic heterocycles. The van der Waals surface area contributed by atoms with E-state index in [2.05, 4.69) is 27.2 Å². The fourth-order valence-corrected chi connectivity index (χ4v) is 3.08. The number of anilines is 1. The van der Waals surface area contributed by atoms with Crippen LogP contribution >= 0.6 is 11.8 Å². The monoisotopic (exact) mass is 364 g/mol. The summed E-state index contributed by atoms with van der Waals surface area (Å²) in [5.41, 5.74) is 2.03. The van der Waals surface area contributed by atoms with Crippen LogP contribution in [-0.2, 0) is 11.2 Å². The molecule has 0 saturated heterocycles. The highest BCUT2D eigenvalue weighted by Gasteiger charge is 2.14. The molecule has 1 aromatic carbocycles. The molecule has 1 aliphatic heterocycles. The molecule has 2 rings (SSSR count). The molecular weight excluding hydrogens is 336 g/mol. The number of carbonyl (C=O) groups excluding carboxylic acids is 1. The summed E-state index contributed by atoms with van der Waals surface area (Å²) in [5.74, 6) is 2.92. The largest absolute Gasteiger partial charge is 0.492 e. The summed E-state index contributed by atoms with van der Waals surface area (Å²) in [6, 6.07) is 5.81. The molecule has 0 fully saturated rings. The highest BCUT2D eigenvalue weighted by Crippen LogP contribution is 2.26. The van der Waals surface area contributed by atoms with Crippen LogP contribution in [0.1, 0.15) is 24.8 Å². The second-order valence-corrected chi connectivity index (χ2v) is 6.83. The van der Waals surface area contributed by atoms with Crippen LogP contribution in [0.25, 0.3) is 0 Å². The SMILES string of the molecule is CN=C(NCCCCSC)NCCOc1ccc2c(c1)CCC(=O)N2. The third-order valence-corrected chi connectivity index (χ3v) is 4.62. The van der Waals surface area contributed by atoms with Crippen molar-refractivity contribution >= 4 is 29.3 Å². The van der Waals surface area contributed by atoms with Crippen molar-refractivity contribution in [2.45, 2.75) is 25.7 Å². The van der Waals surface area contributed by atoms with E-state index in [0.717, 1.165) is 42.3 Å². The molecule has 6 nitrogen and oxygen atoms in total. The predicted octanol–water partition coefficient (Wildman–Crippen LogP) is 2.26. The number of hydrogen-bond acceptors (Lipinski definition) is 4. The van der Waals surface area contributed by atoms with E-state index in [0.29, 0.717) is 19.6 Å². The van der Waals surface area contributed by atoms with Gasteiger partial charge in [0.15, 0.2) is 5.96 Å². The predicted molar refractivity (Wildman–Crippen MR) is 106 cm³/mol. The van der Waals surface area contributed by atoms with Gasteiger partial charge in [-0.2, -0.15) is 11.8 Å². The summed E-state index contributed by atoms with van der Waals surface area (Å²) in [4.78, 5) is 15.6. The number of hydrogen-bond donors (Lipinski definition) is 3. The lowest BCUT2D eigenvalue weighted by atomic mass is 10.0. The molecule has 0 spiro atoms. The van der Waals surface area contributed by atoms with Gasteiger partial charge >= 0.3 is 0 Å². The Morgan fingerprint density at radius 1 is 1.28 bits per heavy atom. The van der Waals surface area contributed by atoms with Gasteiger partial charge in [-0.25, -0.2) is 0 Å². The van der Waals surface area contributed by atoms with Crippen molar-refractivity contribution < 1.29 is 9.53 Å². The molecule has 1 aromatic rings. The number of fused-ring (bicyclic) bond motifs is 1. The van der Waals surface area contributed by atoms with Crippen LogP contribution in [-0.4, -0.2) is 50.6 Å². The van der Waals surface area contributed by atoms with E-state index in [9.17, 15) is 4.79 Å². The van der Waals surface area contributed by atoms with Crippen molar-refractivity contribution in [3.63, 3.8) is 0 Å². The Kier molecular flexibility index (Phi) is 8.45. The van der Waals surface area contributed by atoms with Crippen LogP contribution in [0.2, 0.25) is 0 Å². The van der Waals surface area contributed by atoms with E-state index >= 15 is 0 Å². The van der Waals surface area contributed by atoms with E-state index in [4.69, 9.17) is 4.74 Å². The Hall–Kier alpha value is -1.89. The van der Waals surface area contributed by atoms with Crippen molar-refractivity contribution in [3.8, 4) is 5.75 Å². The summed E-state index contributed by atoms with van der Waals surface area (Å²) >= 11 is 1.88. The summed E-state index contributed by atoms with van der Waals surface area (Å²) in [5, 5.41) is 9.43. The number of aliphatic imine (C=N–C) groups is 1. The summed E-state index contributed by atoms with van der Waals surface area (Å²) in [6.07, 6.45) is 5.80. The van der Waals surface area contributed by atoms with Gasteiger partial charge in [0.2, 0.25) is 5.91 Å². The number of nitrogens with zero attached hydrogens (tertiary/aromatic N) is 1. The second-order valence-electron chi connectivity index (χ2n) is 5.84. The van der Waals surface area contributed by atoms with Gasteiger partial charge in [-0.1, -0.05) is 0 Å². The zero-order valence-electron chi connectivity index (χ0n) is 15.1. The zero-order valence-corrected chi connectivity index (χ0v) is 15.9. The van der Waals surface area contributed by atoms with Crippen molar-refractivity contribution in [1.29, 1.82) is 0 Å². The number of benzene rings is 1. The first-order valence-electron chi connectivity index (χ1n) is 8.72. The molecule has 0 radical (unpaired) electrons. The molecule has 0 saturated carbocycles. The standard InChI is InChI=1S/C18H28N4O2S/c1-19-18(20-9-3-4-12-25-2)21-10-11-24-15-6-7-16-14(13-15)5-8-17(23)22-16/h6-7,13H,3-5,8-12H2,1-2H3,(H,22,23)(H2,19,20,21). The number of amides is 1. The topological polar surface area (TPSA) is 74.8 Å². The van der Waals surface area contributed by atoms with Gasteiger partial charge in [0.05, 0.1) is 6.54 Å². The molecule has 3 N–H and O–H groups in total. The number of unbranched alkanes of at least 4 members (excludes halogenated alkanes) is 1. The number of guanidine groups is 1. The van der Waals surface area contributed by atoms with Gasteiger partial charge in [-0.3, -0.25) is 9.79 Å². The average Bonchev–Trinajstić information content (AvgIpc) is 2.63. The van der Waals surface area contributed by atoms with E-state index in [-0.39, 0.29) is 5.91 Å². The fraction of sp³-hybridized carbons (Fsp3) is 0.556. The highest BCUT2D eigenvalue weighted by molar-refractivity contribution is 7.98. The average molecular weight is 365 g/mol. The first-order chi connectivity index (χ1) is 12.2. The minimum atomic E-state index is 0.0812. The second kappa shape index (κ2) is 10.9. The Morgan fingerprint density at radius 2 is 2.12 bits per heavy atom.